The van der Waals surface area contributed by atoms with Crippen molar-refractivity contribution in [2.75, 3.05) is 6.54 Å². The highest BCUT2D eigenvalue weighted by molar-refractivity contribution is 6.31. The van der Waals surface area contributed by atoms with Crippen molar-refractivity contribution in [3.05, 3.63) is 70.9 Å². The summed E-state index contributed by atoms with van der Waals surface area (Å²) in [7, 11) is 0. The fraction of sp³-hybridized carbons (Fsp3) is 0.211. The molecule has 2 aromatic carbocycles. The minimum atomic E-state index is -0.603. The maximum atomic E-state index is 12.1. The number of rotatable bonds is 6. The molecular formula is C19H19ClN2O2. The van der Waals surface area contributed by atoms with E-state index in [2.05, 4.69) is 10.3 Å². The van der Waals surface area contributed by atoms with Gasteiger partial charge in [-0.15, -0.1) is 0 Å². The summed E-state index contributed by atoms with van der Waals surface area (Å²) in [4.78, 5) is 15.3. The molecule has 0 aliphatic heterocycles. The van der Waals surface area contributed by atoms with Crippen molar-refractivity contribution in [2.45, 2.75) is 18.9 Å². The Kier molecular flexibility index (Phi) is 5.18. The molecule has 1 heterocycles. The fourth-order valence-electron chi connectivity index (χ4n) is 2.72. The standard InChI is InChI=1S/C19H19ClN2O2/c20-15-6-7-18-17(10-15)14(11-21-18)9-19(24)22-12-16(23)8-13-4-2-1-3-5-13/h1-7,10-11,16,21,23H,8-9,12H2,(H,22,24). The van der Waals surface area contributed by atoms with Crippen molar-refractivity contribution in [3.8, 4) is 0 Å². The van der Waals surface area contributed by atoms with Crippen LogP contribution in [0.25, 0.3) is 10.9 Å². The monoisotopic (exact) mass is 342 g/mol. The van der Waals surface area contributed by atoms with Crippen molar-refractivity contribution in [1.29, 1.82) is 0 Å². The quantitative estimate of drug-likeness (QED) is 0.644. The second-order valence-electron chi connectivity index (χ2n) is 5.83. The molecule has 124 valence electrons. The number of H-pyrrole nitrogens is 1. The van der Waals surface area contributed by atoms with E-state index >= 15 is 0 Å². The number of nitrogens with one attached hydrogen (secondary N) is 2. The van der Waals surface area contributed by atoms with Gasteiger partial charge in [-0.2, -0.15) is 0 Å². The maximum absolute atomic E-state index is 12.1. The topological polar surface area (TPSA) is 65.1 Å². The van der Waals surface area contributed by atoms with E-state index in [9.17, 15) is 9.90 Å². The molecule has 24 heavy (non-hydrogen) atoms. The first kappa shape index (κ1) is 16.6. The first-order chi connectivity index (χ1) is 11.6. The van der Waals surface area contributed by atoms with Gasteiger partial charge in [-0.25, -0.2) is 0 Å². The van der Waals surface area contributed by atoms with Gasteiger partial charge in [-0.05, 0) is 29.3 Å². The lowest BCUT2D eigenvalue weighted by molar-refractivity contribution is -0.120. The van der Waals surface area contributed by atoms with Gasteiger partial charge in [0.05, 0.1) is 12.5 Å². The summed E-state index contributed by atoms with van der Waals surface area (Å²) in [6, 6.07) is 15.3. The van der Waals surface area contributed by atoms with Gasteiger partial charge >= 0.3 is 0 Å². The predicted octanol–water partition coefficient (Wildman–Crippen LogP) is 3.08. The van der Waals surface area contributed by atoms with Crippen LogP contribution in [0.15, 0.2) is 54.7 Å². The van der Waals surface area contributed by atoms with Gasteiger partial charge in [0.1, 0.15) is 0 Å². The average molecular weight is 343 g/mol. The van der Waals surface area contributed by atoms with E-state index in [1.165, 1.54) is 0 Å². The van der Waals surface area contributed by atoms with Crippen molar-refractivity contribution < 1.29 is 9.90 Å². The molecule has 0 aliphatic rings. The van der Waals surface area contributed by atoms with Gasteiger partial charge in [0.2, 0.25) is 5.91 Å². The van der Waals surface area contributed by atoms with Crippen LogP contribution >= 0.6 is 11.6 Å². The lowest BCUT2D eigenvalue weighted by Crippen LogP contribution is -2.34. The van der Waals surface area contributed by atoms with Gasteiger partial charge in [-0.3, -0.25) is 4.79 Å². The van der Waals surface area contributed by atoms with E-state index in [1.54, 1.807) is 0 Å². The molecule has 1 atom stereocenters. The number of carbonyl (C=O) groups excluding carboxylic acids is 1. The van der Waals surface area contributed by atoms with Crippen LogP contribution in [-0.2, 0) is 17.6 Å². The van der Waals surface area contributed by atoms with Crippen LogP contribution < -0.4 is 5.32 Å². The third kappa shape index (κ3) is 4.16. The summed E-state index contributed by atoms with van der Waals surface area (Å²) in [6.07, 6.45) is 1.98. The van der Waals surface area contributed by atoms with Crippen LogP contribution in [0, 0.1) is 0 Å². The van der Waals surface area contributed by atoms with Crippen LogP contribution in [0.4, 0.5) is 0 Å². The second kappa shape index (κ2) is 7.51. The van der Waals surface area contributed by atoms with Crippen LogP contribution in [0.2, 0.25) is 5.02 Å². The van der Waals surface area contributed by atoms with E-state index < -0.39 is 6.10 Å². The Bertz CT molecular complexity index is 830. The van der Waals surface area contributed by atoms with Crippen LogP contribution in [0.3, 0.4) is 0 Å². The third-order valence-corrected chi connectivity index (χ3v) is 4.16. The molecule has 1 aromatic heterocycles. The first-order valence-corrected chi connectivity index (χ1v) is 8.24. The molecule has 3 N–H and O–H groups in total. The zero-order valence-electron chi connectivity index (χ0n) is 13.1. The maximum Gasteiger partial charge on any atom is 0.224 e. The third-order valence-electron chi connectivity index (χ3n) is 3.93. The summed E-state index contributed by atoms with van der Waals surface area (Å²) in [5.41, 5.74) is 2.89. The molecular weight excluding hydrogens is 324 g/mol. The lowest BCUT2D eigenvalue weighted by atomic mass is 10.1. The highest BCUT2D eigenvalue weighted by Gasteiger charge is 2.11. The number of carbonyl (C=O) groups is 1. The minimum Gasteiger partial charge on any atom is -0.391 e. The van der Waals surface area contributed by atoms with E-state index in [-0.39, 0.29) is 18.9 Å². The number of hydrogen-bond donors (Lipinski definition) is 3. The number of aliphatic hydroxyl groups is 1. The molecule has 0 spiro atoms. The summed E-state index contributed by atoms with van der Waals surface area (Å²) >= 11 is 6.02. The molecule has 1 unspecified atom stereocenters. The molecule has 4 nitrogen and oxygen atoms in total. The Labute approximate surface area is 145 Å². The number of amides is 1. The highest BCUT2D eigenvalue weighted by atomic mass is 35.5. The van der Waals surface area contributed by atoms with Gasteiger partial charge < -0.3 is 15.4 Å². The molecule has 0 fully saturated rings. The van der Waals surface area contributed by atoms with Gasteiger partial charge in [0.25, 0.3) is 0 Å². The molecule has 0 saturated carbocycles. The number of aromatic nitrogens is 1. The molecule has 0 saturated heterocycles. The zero-order valence-corrected chi connectivity index (χ0v) is 13.9. The Morgan fingerprint density at radius 3 is 2.79 bits per heavy atom. The van der Waals surface area contributed by atoms with Crippen LogP contribution in [-0.4, -0.2) is 28.6 Å². The number of benzene rings is 2. The summed E-state index contributed by atoms with van der Waals surface area (Å²) in [6.45, 7) is 0.233. The summed E-state index contributed by atoms with van der Waals surface area (Å²) in [5, 5.41) is 14.4. The Morgan fingerprint density at radius 1 is 1.21 bits per heavy atom. The zero-order chi connectivity index (χ0) is 16.9. The Balaban J connectivity index is 1.54. The van der Waals surface area contributed by atoms with E-state index in [0.29, 0.717) is 11.4 Å². The SMILES string of the molecule is O=C(Cc1c[nH]c2ccc(Cl)cc12)NCC(O)Cc1ccccc1. The van der Waals surface area contributed by atoms with Crippen LogP contribution in [0.5, 0.6) is 0 Å². The number of fused-ring (bicyclic) bond motifs is 1. The highest BCUT2D eigenvalue weighted by Crippen LogP contribution is 2.22. The normalized spacial score (nSPS) is 12.2. The Hall–Kier alpha value is -2.30. The molecule has 3 rings (SSSR count). The van der Waals surface area contributed by atoms with Gasteiger partial charge in [0, 0.05) is 35.1 Å². The molecule has 3 aromatic rings. The minimum absolute atomic E-state index is 0.122. The van der Waals surface area contributed by atoms with Crippen molar-refractivity contribution in [1.82, 2.24) is 10.3 Å². The number of halogens is 1. The smallest absolute Gasteiger partial charge is 0.224 e. The molecule has 5 heteroatoms. The second-order valence-corrected chi connectivity index (χ2v) is 6.26. The molecule has 0 aliphatic carbocycles. The van der Waals surface area contributed by atoms with Crippen LogP contribution in [0.1, 0.15) is 11.1 Å². The number of hydrogen-bond acceptors (Lipinski definition) is 2. The van der Waals surface area contributed by atoms with Gasteiger partial charge in [-0.1, -0.05) is 41.9 Å². The van der Waals surface area contributed by atoms with E-state index in [0.717, 1.165) is 22.0 Å². The molecule has 0 bridgehead atoms. The van der Waals surface area contributed by atoms with Crippen molar-refractivity contribution >= 4 is 28.4 Å². The Morgan fingerprint density at radius 2 is 2.00 bits per heavy atom. The lowest BCUT2D eigenvalue weighted by Gasteiger charge is -2.12. The average Bonchev–Trinajstić information content (AvgIpc) is 2.96. The number of aromatic amines is 1. The van der Waals surface area contributed by atoms with Gasteiger partial charge in [0.15, 0.2) is 0 Å². The fourth-order valence-corrected chi connectivity index (χ4v) is 2.89. The first-order valence-electron chi connectivity index (χ1n) is 7.86. The molecule has 0 radical (unpaired) electrons. The summed E-state index contributed by atoms with van der Waals surface area (Å²) in [5.74, 6) is -0.122. The predicted molar refractivity (Wildman–Crippen MR) is 96.2 cm³/mol. The van der Waals surface area contributed by atoms with Crippen molar-refractivity contribution in [3.63, 3.8) is 0 Å². The van der Waals surface area contributed by atoms with Crippen molar-refractivity contribution in [2.24, 2.45) is 0 Å². The van der Waals surface area contributed by atoms with E-state index in [4.69, 9.17) is 11.6 Å². The summed E-state index contributed by atoms with van der Waals surface area (Å²) < 4.78 is 0. The largest absolute Gasteiger partial charge is 0.391 e. The molecule has 1 amide bonds. The van der Waals surface area contributed by atoms with E-state index in [1.807, 2.05) is 54.7 Å². The number of aliphatic hydroxyl groups excluding tert-OH is 1.